The van der Waals surface area contributed by atoms with Gasteiger partial charge in [0.25, 0.3) is 0 Å². The Hall–Kier alpha value is -1.26. The fourth-order valence-electron chi connectivity index (χ4n) is 5.41. The van der Waals surface area contributed by atoms with Crippen LogP contribution in [-0.2, 0) is 15.6 Å². The number of furan rings is 1. The average Bonchev–Trinajstić information content (AvgIpc) is 3.07. The van der Waals surface area contributed by atoms with E-state index in [9.17, 15) is 0 Å². The number of hydrogen-bond acceptors (Lipinski definition) is 3. The van der Waals surface area contributed by atoms with Crippen molar-refractivity contribution < 1.29 is 13.7 Å². The summed E-state index contributed by atoms with van der Waals surface area (Å²) in [6.45, 7) is 7.06. The maximum Gasteiger partial charge on any atom is 0.462 e. The SMILES string of the molecule is CC1(C)C2CC3OB(Cc4coc5ccccc45)O[C@@]3(C)[C@H]1C2. The average molecular weight is 310 g/mol. The molecule has 4 fully saturated rings. The molecule has 0 N–H and O–H groups in total. The van der Waals surface area contributed by atoms with E-state index in [1.165, 1.54) is 17.4 Å². The second-order valence-electron chi connectivity index (χ2n) is 8.36. The predicted molar refractivity (Wildman–Crippen MR) is 90.0 cm³/mol. The Morgan fingerprint density at radius 3 is 2.83 bits per heavy atom. The van der Waals surface area contributed by atoms with Crippen molar-refractivity contribution in [3.63, 3.8) is 0 Å². The van der Waals surface area contributed by atoms with Crippen LogP contribution in [-0.4, -0.2) is 18.8 Å². The van der Waals surface area contributed by atoms with E-state index >= 15 is 0 Å². The third-order valence-electron chi connectivity index (χ3n) is 6.95. The molecule has 3 aliphatic carbocycles. The van der Waals surface area contributed by atoms with Crippen molar-refractivity contribution in [2.75, 3.05) is 0 Å². The molecule has 2 aromatic rings. The van der Waals surface area contributed by atoms with Gasteiger partial charge in [-0.1, -0.05) is 32.0 Å². The summed E-state index contributed by atoms with van der Waals surface area (Å²) in [6.07, 6.45) is 5.31. The van der Waals surface area contributed by atoms with Gasteiger partial charge in [-0.3, -0.25) is 0 Å². The zero-order valence-electron chi connectivity index (χ0n) is 14.0. The maximum atomic E-state index is 6.50. The Morgan fingerprint density at radius 2 is 2.00 bits per heavy atom. The molecule has 2 bridgehead atoms. The molecule has 0 amide bonds. The second-order valence-corrected chi connectivity index (χ2v) is 8.36. The zero-order chi connectivity index (χ0) is 15.8. The third-order valence-corrected chi connectivity index (χ3v) is 6.95. The fourth-order valence-corrected chi connectivity index (χ4v) is 5.41. The number of benzene rings is 1. The molecule has 1 aromatic carbocycles. The molecular weight excluding hydrogens is 287 g/mol. The van der Waals surface area contributed by atoms with Gasteiger partial charge in [0.1, 0.15) is 5.58 Å². The first kappa shape index (κ1) is 14.1. The summed E-state index contributed by atoms with van der Waals surface area (Å²) in [7, 11) is -0.152. The van der Waals surface area contributed by atoms with Crippen molar-refractivity contribution >= 4 is 18.1 Å². The van der Waals surface area contributed by atoms with Crippen LogP contribution in [0.1, 0.15) is 39.2 Å². The highest BCUT2D eigenvalue weighted by Gasteiger charge is 2.67. The Bertz CT molecular complexity index is 767. The second kappa shape index (κ2) is 4.43. The van der Waals surface area contributed by atoms with E-state index in [4.69, 9.17) is 13.7 Å². The molecule has 1 aromatic heterocycles. The van der Waals surface area contributed by atoms with E-state index in [1.807, 2.05) is 18.4 Å². The van der Waals surface area contributed by atoms with Gasteiger partial charge in [-0.05, 0) is 48.6 Å². The van der Waals surface area contributed by atoms with Crippen LogP contribution >= 0.6 is 0 Å². The van der Waals surface area contributed by atoms with Crippen LogP contribution in [0.5, 0.6) is 0 Å². The van der Waals surface area contributed by atoms with E-state index in [2.05, 4.69) is 32.9 Å². The summed E-state index contributed by atoms with van der Waals surface area (Å²) in [5, 5.41) is 1.17. The summed E-state index contributed by atoms with van der Waals surface area (Å²) in [5.41, 5.74) is 2.39. The summed E-state index contributed by atoms with van der Waals surface area (Å²) >= 11 is 0. The van der Waals surface area contributed by atoms with Crippen LogP contribution in [0.4, 0.5) is 0 Å². The van der Waals surface area contributed by atoms with Gasteiger partial charge >= 0.3 is 7.12 Å². The predicted octanol–water partition coefficient (Wildman–Crippen LogP) is 4.24. The Kier molecular flexibility index (Phi) is 2.72. The van der Waals surface area contributed by atoms with Gasteiger partial charge in [0.2, 0.25) is 0 Å². The Morgan fingerprint density at radius 1 is 1.17 bits per heavy atom. The largest absolute Gasteiger partial charge is 0.464 e. The normalized spacial score (nSPS) is 37.7. The van der Waals surface area contributed by atoms with Crippen molar-refractivity contribution in [2.24, 2.45) is 17.3 Å². The minimum atomic E-state index is -0.152. The van der Waals surface area contributed by atoms with Crippen LogP contribution in [0.15, 0.2) is 34.9 Å². The van der Waals surface area contributed by atoms with E-state index in [-0.39, 0.29) is 18.8 Å². The molecule has 1 saturated heterocycles. The summed E-state index contributed by atoms with van der Waals surface area (Å²) in [4.78, 5) is 0. The number of para-hydroxylation sites is 1. The molecular formula is C19H23BO3. The highest BCUT2D eigenvalue weighted by molar-refractivity contribution is 6.45. The molecule has 0 radical (unpaired) electrons. The van der Waals surface area contributed by atoms with Gasteiger partial charge in [-0.15, -0.1) is 0 Å². The van der Waals surface area contributed by atoms with E-state index in [0.717, 1.165) is 24.2 Å². The molecule has 2 unspecified atom stereocenters. The maximum absolute atomic E-state index is 6.50. The lowest BCUT2D eigenvalue weighted by Gasteiger charge is -2.64. The fraction of sp³-hybridized carbons (Fsp3) is 0.579. The quantitative estimate of drug-likeness (QED) is 0.777. The van der Waals surface area contributed by atoms with E-state index < -0.39 is 0 Å². The number of rotatable bonds is 2. The molecule has 4 heteroatoms. The number of hydrogen-bond donors (Lipinski definition) is 0. The topological polar surface area (TPSA) is 31.6 Å². The highest BCUT2D eigenvalue weighted by Crippen LogP contribution is 2.65. The monoisotopic (exact) mass is 310 g/mol. The zero-order valence-corrected chi connectivity index (χ0v) is 14.0. The first-order valence-corrected chi connectivity index (χ1v) is 8.77. The molecule has 2 heterocycles. The van der Waals surface area contributed by atoms with Gasteiger partial charge in [0.15, 0.2) is 0 Å². The molecule has 4 aliphatic rings. The van der Waals surface area contributed by atoms with Gasteiger partial charge in [-0.25, -0.2) is 0 Å². The summed E-state index contributed by atoms with van der Waals surface area (Å²) in [6, 6.07) is 8.17. The van der Waals surface area contributed by atoms with Gasteiger partial charge in [-0.2, -0.15) is 0 Å². The smallest absolute Gasteiger partial charge is 0.462 e. The van der Waals surface area contributed by atoms with Crippen LogP contribution in [0.25, 0.3) is 11.0 Å². The lowest BCUT2D eigenvalue weighted by molar-refractivity contribution is -0.199. The number of fused-ring (bicyclic) bond motifs is 1. The molecule has 0 spiro atoms. The van der Waals surface area contributed by atoms with Gasteiger partial charge in [0.05, 0.1) is 18.0 Å². The molecule has 4 atom stereocenters. The molecule has 3 nitrogen and oxygen atoms in total. The first-order chi connectivity index (χ1) is 11.0. The Labute approximate surface area is 137 Å². The first-order valence-electron chi connectivity index (χ1n) is 8.77. The highest BCUT2D eigenvalue weighted by atomic mass is 16.7. The molecule has 120 valence electrons. The molecule has 6 rings (SSSR count). The van der Waals surface area contributed by atoms with Gasteiger partial charge in [0, 0.05) is 11.7 Å². The lowest BCUT2D eigenvalue weighted by Crippen LogP contribution is -2.65. The molecule has 3 saturated carbocycles. The minimum absolute atomic E-state index is 0.123. The van der Waals surface area contributed by atoms with Crippen LogP contribution in [0.3, 0.4) is 0 Å². The van der Waals surface area contributed by atoms with Gasteiger partial charge < -0.3 is 13.7 Å². The molecule has 1 aliphatic heterocycles. The van der Waals surface area contributed by atoms with E-state index in [0.29, 0.717) is 11.3 Å². The molecule has 23 heavy (non-hydrogen) atoms. The van der Waals surface area contributed by atoms with Crippen LogP contribution < -0.4 is 0 Å². The van der Waals surface area contributed by atoms with E-state index in [1.54, 1.807) is 0 Å². The summed E-state index contributed by atoms with van der Waals surface area (Å²) in [5.74, 6) is 1.41. The van der Waals surface area contributed by atoms with Crippen molar-refractivity contribution in [3.05, 3.63) is 36.1 Å². The Balaban J connectivity index is 1.40. The van der Waals surface area contributed by atoms with Crippen molar-refractivity contribution in [1.29, 1.82) is 0 Å². The minimum Gasteiger partial charge on any atom is -0.464 e. The third kappa shape index (κ3) is 1.79. The van der Waals surface area contributed by atoms with Crippen LogP contribution in [0.2, 0.25) is 0 Å². The summed E-state index contributed by atoms with van der Waals surface area (Å²) < 4.78 is 18.5. The van der Waals surface area contributed by atoms with Crippen LogP contribution in [0, 0.1) is 17.3 Å². The standard InChI is InChI=1S/C19H23BO3/c1-18(2)13-8-16(18)19(3)17(9-13)22-20(23-19)10-12-11-21-15-7-5-4-6-14(12)15/h4-7,11,13,16-17H,8-10H2,1-3H3/t13?,16-,17?,19-/m0/s1. The van der Waals surface area contributed by atoms with Crippen molar-refractivity contribution in [2.45, 2.75) is 51.6 Å². The van der Waals surface area contributed by atoms with Crippen molar-refractivity contribution in [3.8, 4) is 0 Å². The lowest BCUT2D eigenvalue weighted by atomic mass is 9.43. The van der Waals surface area contributed by atoms with Crippen molar-refractivity contribution in [1.82, 2.24) is 0 Å².